The standard InChI is InChI=1S/C14H23N3O2/c1-18-10-3-2-4-14(17-19-11-9-15)12-5-7-13(16)8-6-12/h5-8H,2-4,9-11,15-16H2,1H3/b17-14+. The number of unbranched alkanes of at least 4 members (excludes halogenated alkanes) is 1. The predicted molar refractivity (Wildman–Crippen MR) is 78.1 cm³/mol. The number of rotatable bonds is 9. The van der Waals surface area contributed by atoms with Gasteiger partial charge in [-0.1, -0.05) is 17.3 Å². The van der Waals surface area contributed by atoms with E-state index in [9.17, 15) is 0 Å². The molecule has 0 saturated carbocycles. The van der Waals surface area contributed by atoms with Gasteiger partial charge in [-0.15, -0.1) is 0 Å². The zero-order chi connectivity index (χ0) is 13.9. The summed E-state index contributed by atoms with van der Waals surface area (Å²) >= 11 is 0. The second-order valence-corrected chi connectivity index (χ2v) is 4.23. The molecule has 0 aliphatic heterocycles. The van der Waals surface area contributed by atoms with Gasteiger partial charge >= 0.3 is 0 Å². The van der Waals surface area contributed by atoms with Crippen molar-refractivity contribution in [3.63, 3.8) is 0 Å². The molecule has 0 unspecified atom stereocenters. The first-order chi connectivity index (χ1) is 9.27. The highest BCUT2D eigenvalue weighted by molar-refractivity contribution is 6.00. The Bertz CT molecular complexity index is 377. The van der Waals surface area contributed by atoms with Crippen LogP contribution in [0, 0.1) is 0 Å². The van der Waals surface area contributed by atoms with Crippen LogP contribution in [-0.2, 0) is 9.57 Å². The summed E-state index contributed by atoms with van der Waals surface area (Å²) in [7, 11) is 1.71. The monoisotopic (exact) mass is 265 g/mol. The number of nitrogens with zero attached hydrogens (tertiary/aromatic N) is 1. The molecule has 19 heavy (non-hydrogen) atoms. The molecule has 5 nitrogen and oxygen atoms in total. The van der Waals surface area contributed by atoms with E-state index in [0.29, 0.717) is 13.2 Å². The maximum Gasteiger partial charge on any atom is 0.129 e. The summed E-state index contributed by atoms with van der Waals surface area (Å²) in [4.78, 5) is 5.19. The van der Waals surface area contributed by atoms with Crippen LogP contribution in [0.5, 0.6) is 0 Å². The van der Waals surface area contributed by atoms with Gasteiger partial charge in [0, 0.05) is 25.9 Å². The van der Waals surface area contributed by atoms with E-state index in [2.05, 4.69) is 5.16 Å². The Balaban J connectivity index is 2.62. The Labute approximate surface area is 114 Å². The molecule has 1 rings (SSSR count). The van der Waals surface area contributed by atoms with Gasteiger partial charge in [-0.25, -0.2) is 0 Å². The molecule has 0 spiro atoms. The molecule has 0 aliphatic carbocycles. The fourth-order valence-electron chi connectivity index (χ4n) is 1.63. The third-order valence-corrected chi connectivity index (χ3v) is 2.64. The maximum absolute atomic E-state index is 5.68. The number of nitrogens with two attached hydrogens (primary N) is 2. The van der Waals surface area contributed by atoms with Crippen molar-refractivity contribution in [3.8, 4) is 0 Å². The van der Waals surface area contributed by atoms with E-state index in [1.165, 1.54) is 0 Å². The van der Waals surface area contributed by atoms with Crippen molar-refractivity contribution in [2.75, 3.05) is 32.6 Å². The van der Waals surface area contributed by atoms with E-state index < -0.39 is 0 Å². The van der Waals surface area contributed by atoms with Gasteiger partial charge in [-0.2, -0.15) is 0 Å². The number of ether oxygens (including phenoxy) is 1. The molecule has 0 fully saturated rings. The molecular weight excluding hydrogens is 242 g/mol. The molecule has 1 aromatic rings. The number of benzene rings is 1. The quantitative estimate of drug-likeness (QED) is 0.308. The molecular formula is C14H23N3O2. The molecule has 4 N–H and O–H groups in total. The minimum atomic E-state index is 0.427. The van der Waals surface area contributed by atoms with Crippen molar-refractivity contribution in [1.82, 2.24) is 0 Å². The maximum atomic E-state index is 5.68. The fraction of sp³-hybridized carbons (Fsp3) is 0.500. The highest BCUT2D eigenvalue weighted by Gasteiger charge is 2.04. The Morgan fingerprint density at radius 3 is 2.53 bits per heavy atom. The fourth-order valence-corrected chi connectivity index (χ4v) is 1.63. The first-order valence-electron chi connectivity index (χ1n) is 6.51. The highest BCUT2D eigenvalue weighted by atomic mass is 16.6. The number of hydrogen-bond donors (Lipinski definition) is 2. The van der Waals surface area contributed by atoms with E-state index >= 15 is 0 Å². The summed E-state index contributed by atoms with van der Waals surface area (Å²) in [6.45, 7) is 1.65. The van der Waals surface area contributed by atoms with Gasteiger partial charge in [0.2, 0.25) is 0 Å². The third-order valence-electron chi connectivity index (χ3n) is 2.64. The van der Waals surface area contributed by atoms with Gasteiger partial charge < -0.3 is 21.0 Å². The third kappa shape index (κ3) is 6.22. The van der Waals surface area contributed by atoms with Crippen molar-refractivity contribution in [2.24, 2.45) is 10.9 Å². The zero-order valence-corrected chi connectivity index (χ0v) is 11.5. The summed E-state index contributed by atoms with van der Waals surface area (Å²) in [6.07, 6.45) is 2.85. The van der Waals surface area contributed by atoms with Crippen LogP contribution in [0.25, 0.3) is 0 Å². The average Bonchev–Trinajstić information content (AvgIpc) is 2.43. The number of oxime groups is 1. The average molecular weight is 265 g/mol. The second kappa shape index (κ2) is 9.35. The van der Waals surface area contributed by atoms with Gasteiger partial charge in [0.25, 0.3) is 0 Å². The molecule has 0 bridgehead atoms. The summed E-state index contributed by atoms with van der Waals surface area (Å²) in [5.74, 6) is 0. The lowest BCUT2D eigenvalue weighted by Crippen LogP contribution is -2.08. The molecule has 0 aliphatic rings. The molecule has 1 aromatic carbocycles. The van der Waals surface area contributed by atoms with Crippen molar-refractivity contribution >= 4 is 11.4 Å². The predicted octanol–water partition coefficient (Wildman–Crippen LogP) is 1.76. The summed E-state index contributed by atoms with van der Waals surface area (Å²) in [5, 5.41) is 4.17. The Morgan fingerprint density at radius 1 is 1.16 bits per heavy atom. The highest BCUT2D eigenvalue weighted by Crippen LogP contribution is 2.11. The molecule has 0 atom stereocenters. The van der Waals surface area contributed by atoms with Gasteiger partial charge in [0.15, 0.2) is 0 Å². The molecule has 0 amide bonds. The summed E-state index contributed by atoms with van der Waals surface area (Å²) in [5.41, 5.74) is 13.8. The van der Waals surface area contributed by atoms with Gasteiger partial charge in [-0.3, -0.25) is 0 Å². The van der Waals surface area contributed by atoms with Crippen LogP contribution in [0.3, 0.4) is 0 Å². The number of methoxy groups -OCH3 is 1. The lowest BCUT2D eigenvalue weighted by molar-refractivity contribution is 0.151. The van der Waals surface area contributed by atoms with Crippen molar-refractivity contribution in [2.45, 2.75) is 19.3 Å². The van der Waals surface area contributed by atoms with Gasteiger partial charge in [0.1, 0.15) is 6.61 Å². The molecule has 0 heterocycles. The topological polar surface area (TPSA) is 82.9 Å². The van der Waals surface area contributed by atoms with E-state index in [1.54, 1.807) is 7.11 Å². The van der Waals surface area contributed by atoms with Crippen molar-refractivity contribution in [1.29, 1.82) is 0 Å². The van der Waals surface area contributed by atoms with Gasteiger partial charge in [-0.05, 0) is 37.0 Å². The SMILES string of the molecule is COCCCC/C(=N\OCCN)c1ccc(N)cc1. The number of hydrogen-bond acceptors (Lipinski definition) is 5. The van der Waals surface area contributed by atoms with Crippen LogP contribution in [0.15, 0.2) is 29.4 Å². The van der Waals surface area contributed by atoms with Crippen molar-refractivity contribution in [3.05, 3.63) is 29.8 Å². The zero-order valence-electron chi connectivity index (χ0n) is 11.5. The lowest BCUT2D eigenvalue weighted by Gasteiger charge is -2.07. The Kier molecular flexibility index (Phi) is 7.62. The van der Waals surface area contributed by atoms with Crippen LogP contribution in [0.4, 0.5) is 5.69 Å². The Hall–Kier alpha value is -1.59. The van der Waals surface area contributed by atoms with E-state index in [0.717, 1.165) is 42.8 Å². The van der Waals surface area contributed by atoms with E-state index in [-0.39, 0.29) is 0 Å². The lowest BCUT2D eigenvalue weighted by atomic mass is 10.0. The van der Waals surface area contributed by atoms with E-state index in [4.69, 9.17) is 21.0 Å². The van der Waals surface area contributed by atoms with Crippen LogP contribution in [0.2, 0.25) is 0 Å². The molecule has 106 valence electrons. The molecule has 0 radical (unpaired) electrons. The van der Waals surface area contributed by atoms with Gasteiger partial charge in [0.05, 0.1) is 5.71 Å². The van der Waals surface area contributed by atoms with Crippen molar-refractivity contribution < 1.29 is 9.57 Å². The second-order valence-electron chi connectivity index (χ2n) is 4.23. The van der Waals surface area contributed by atoms with Crippen LogP contribution >= 0.6 is 0 Å². The summed E-state index contributed by atoms with van der Waals surface area (Å²) in [6, 6.07) is 7.64. The number of nitrogen functional groups attached to an aromatic ring is 1. The molecule has 0 saturated heterocycles. The number of anilines is 1. The molecule has 5 heteroatoms. The minimum Gasteiger partial charge on any atom is -0.399 e. The summed E-state index contributed by atoms with van der Waals surface area (Å²) < 4.78 is 5.04. The first-order valence-corrected chi connectivity index (χ1v) is 6.51. The van der Waals surface area contributed by atoms with E-state index in [1.807, 2.05) is 24.3 Å². The van der Waals surface area contributed by atoms with Crippen LogP contribution in [-0.4, -0.2) is 32.6 Å². The van der Waals surface area contributed by atoms with Crippen LogP contribution < -0.4 is 11.5 Å². The van der Waals surface area contributed by atoms with Crippen LogP contribution in [0.1, 0.15) is 24.8 Å². The minimum absolute atomic E-state index is 0.427. The Morgan fingerprint density at radius 2 is 1.89 bits per heavy atom. The smallest absolute Gasteiger partial charge is 0.129 e. The first kappa shape index (κ1) is 15.5. The normalized spacial score (nSPS) is 11.6. The largest absolute Gasteiger partial charge is 0.399 e. The molecule has 0 aromatic heterocycles.